The molecule has 0 saturated carbocycles. The zero-order valence-corrected chi connectivity index (χ0v) is 9.69. The van der Waals surface area contributed by atoms with Crippen LogP contribution >= 0.6 is 12.2 Å². The van der Waals surface area contributed by atoms with E-state index in [2.05, 4.69) is 22.4 Å². The molecule has 1 aromatic carbocycles. The highest BCUT2D eigenvalue weighted by molar-refractivity contribution is 7.78. The van der Waals surface area contributed by atoms with Crippen LogP contribution in [0, 0.1) is 5.82 Å². The molecule has 0 unspecified atom stereocenters. The average Bonchev–Trinajstić information content (AvgIpc) is 2.08. The van der Waals surface area contributed by atoms with E-state index in [1.165, 1.54) is 18.2 Å². The Balaban J connectivity index is 3.11. The predicted molar refractivity (Wildman–Crippen MR) is 61.5 cm³/mol. The van der Waals surface area contributed by atoms with Crippen LogP contribution in [-0.2, 0) is 0 Å². The molecule has 15 heavy (non-hydrogen) atoms. The molecule has 0 aromatic heterocycles. The Morgan fingerprint density at radius 2 is 2.07 bits per heavy atom. The molecule has 0 N–H and O–H groups in total. The number of ether oxygens (including phenoxy) is 1. The maximum atomic E-state index is 12.9. The molecule has 1 aromatic rings. The van der Waals surface area contributed by atoms with E-state index in [1.54, 1.807) is 0 Å². The van der Waals surface area contributed by atoms with Gasteiger partial charge >= 0.3 is 0 Å². The number of halogens is 1. The van der Waals surface area contributed by atoms with Crippen LogP contribution < -0.4 is 4.74 Å². The molecule has 1 rings (SSSR count). The zero-order valence-electron chi connectivity index (χ0n) is 8.87. The lowest BCUT2D eigenvalue weighted by Crippen LogP contribution is -2.22. The number of nitrogens with zero attached hydrogens (tertiary/aromatic N) is 1. The molecule has 0 heterocycles. The summed E-state index contributed by atoms with van der Waals surface area (Å²) in [5, 5.41) is 2.20. The van der Waals surface area contributed by atoms with Crippen molar-refractivity contribution in [1.29, 1.82) is 0 Å². The van der Waals surface area contributed by atoms with Crippen molar-refractivity contribution >= 4 is 23.1 Å². The van der Waals surface area contributed by atoms with Crippen LogP contribution in [0.15, 0.2) is 23.2 Å². The molecular formula is C11H12FNOS. The first kappa shape index (κ1) is 11.8. The third-order valence-electron chi connectivity index (χ3n) is 1.50. The molecule has 0 spiro atoms. The Morgan fingerprint density at radius 3 is 2.60 bits per heavy atom. The Labute approximate surface area is 93.8 Å². The molecule has 0 aliphatic rings. The van der Waals surface area contributed by atoms with E-state index in [4.69, 9.17) is 4.74 Å². The van der Waals surface area contributed by atoms with Gasteiger partial charge in [0.15, 0.2) is 0 Å². The number of isothiocyanates is 1. The second kappa shape index (κ2) is 4.51. The van der Waals surface area contributed by atoms with E-state index in [-0.39, 0.29) is 11.4 Å². The monoisotopic (exact) mass is 225 g/mol. The van der Waals surface area contributed by atoms with Crippen molar-refractivity contribution in [2.75, 3.05) is 0 Å². The van der Waals surface area contributed by atoms with E-state index in [0.717, 1.165) is 0 Å². The molecule has 0 fully saturated rings. The van der Waals surface area contributed by atoms with E-state index in [0.29, 0.717) is 11.4 Å². The topological polar surface area (TPSA) is 21.6 Å². The molecule has 0 bridgehead atoms. The lowest BCUT2D eigenvalue weighted by molar-refractivity contribution is 0.131. The molecule has 0 saturated heterocycles. The van der Waals surface area contributed by atoms with Gasteiger partial charge in [0.1, 0.15) is 22.9 Å². The molecule has 2 nitrogen and oxygen atoms in total. The fourth-order valence-electron chi connectivity index (χ4n) is 1.04. The van der Waals surface area contributed by atoms with Gasteiger partial charge in [0.2, 0.25) is 0 Å². The highest BCUT2D eigenvalue weighted by Gasteiger charge is 2.14. The van der Waals surface area contributed by atoms with Gasteiger partial charge in [-0.25, -0.2) is 4.39 Å². The lowest BCUT2D eigenvalue weighted by Gasteiger charge is -2.21. The molecule has 0 amide bonds. The Kier molecular flexibility index (Phi) is 3.56. The molecule has 0 radical (unpaired) electrons. The summed E-state index contributed by atoms with van der Waals surface area (Å²) in [5.74, 6) is 0.126. The lowest BCUT2D eigenvalue weighted by atomic mass is 10.2. The van der Waals surface area contributed by atoms with Crippen molar-refractivity contribution in [3.05, 3.63) is 24.0 Å². The Morgan fingerprint density at radius 1 is 1.40 bits per heavy atom. The minimum Gasteiger partial charge on any atom is -0.486 e. The second-order valence-electron chi connectivity index (χ2n) is 4.03. The summed E-state index contributed by atoms with van der Waals surface area (Å²) in [6.07, 6.45) is 0. The van der Waals surface area contributed by atoms with Crippen LogP contribution in [0.4, 0.5) is 10.1 Å². The minimum atomic E-state index is -0.375. The largest absolute Gasteiger partial charge is 0.486 e. The van der Waals surface area contributed by atoms with Crippen LogP contribution in [0.3, 0.4) is 0 Å². The molecular weight excluding hydrogens is 213 g/mol. The number of thiocarbonyl (C=S) groups is 1. The first-order valence-corrected chi connectivity index (χ1v) is 4.89. The molecule has 4 heteroatoms. The van der Waals surface area contributed by atoms with Gasteiger partial charge in [-0.15, -0.1) is 0 Å². The normalized spacial score (nSPS) is 10.7. The smallest absolute Gasteiger partial charge is 0.146 e. The van der Waals surface area contributed by atoms with E-state index >= 15 is 0 Å². The van der Waals surface area contributed by atoms with Gasteiger partial charge in [-0.05, 0) is 45.1 Å². The number of hydrogen-bond acceptors (Lipinski definition) is 3. The number of rotatable bonds is 2. The van der Waals surface area contributed by atoms with Gasteiger partial charge in [0, 0.05) is 6.07 Å². The minimum absolute atomic E-state index is 0.358. The highest BCUT2D eigenvalue weighted by atomic mass is 32.1. The fourth-order valence-corrected chi connectivity index (χ4v) is 1.14. The van der Waals surface area contributed by atoms with Gasteiger partial charge in [-0.2, -0.15) is 4.99 Å². The van der Waals surface area contributed by atoms with Crippen molar-refractivity contribution < 1.29 is 9.13 Å². The van der Waals surface area contributed by atoms with Crippen molar-refractivity contribution in [2.24, 2.45) is 4.99 Å². The first-order chi connectivity index (χ1) is 6.92. The summed E-state index contributed by atoms with van der Waals surface area (Å²) in [6, 6.07) is 4.12. The molecule has 0 aliphatic heterocycles. The maximum Gasteiger partial charge on any atom is 0.146 e. The van der Waals surface area contributed by atoms with E-state index in [9.17, 15) is 4.39 Å². The van der Waals surface area contributed by atoms with Gasteiger partial charge in [0.25, 0.3) is 0 Å². The summed E-state index contributed by atoms with van der Waals surface area (Å²) < 4.78 is 18.5. The second-order valence-corrected chi connectivity index (χ2v) is 4.21. The van der Waals surface area contributed by atoms with Crippen LogP contribution in [-0.4, -0.2) is 10.8 Å². The molecule has 0 aliphatic carbocycles. The van der Waals surface area contributed by atoms with Crippen LogP contribution in [0.5, 0.6) is 5.75 Å². The summed E-state index contributed by atoms with van der Waals surface area (Å²) >= 11 is 4.48. The van der Waals surface area contributed by atoms with Gasteiger partial charge in [0.05, 0.1) is 5.16 Å². The third kappa shape index (κ3) is 3.78. The highest BCUT2D eigenvalue weighted by Crippen LogP contribution is 2.30. The van der Waals surface area contributed by atoms with Gasteiger partial charge in [-0.3, -0.25) is 0 Å². The van der Waals surface area contributed by atoms with E-state index in [1.807, 2.05) is 20.8 Å². The fraction of sp³-hybridized carbons (Fsp3) is 0.364. The maximum absolute atomic E-state index is 12.9. The Hall–Kier alpha value is -1.25. The van der Waals surface area contributed by atoms with Gasteiger partial charge in [-0.1, -0.05) is 0 Å². The van der Waals surface area contributed by atoms with Crippen molar-refractivity contribution in [3.8, 4) is 5.75 Å². The number of hydrogen-bond donors (Lipinski definition) is 0. The molecule has 80 valence electrons. The SMILES string of the molecule is CC(C)(C)Oc1ccc(F)cc1N=C=S. The number of benzene rings is 1. The van der Waals surface area contributed by atoms with Gasteiger partial charge < -0.3 is 4.74 Å². The zero-order chi connectivity index (χ0) is 11.5. The van der Waals surface area contributed by atoms with Crippen molar-refractivity contribution in [1.82, 2.24) is 0 Å². The quantitative estimate of drug-likeness (QED) is 0.565. The first-order valence-electron chi connectivity index (χ1n) is 4.49. The van der Waals surface area contributed by atoms with Crippen LogP contribution in [0.1, 0.15) is 20.8 Å². The van der Waals surface area contributed by atoms with Crippen molar-refractivity contribution in [2.45, 2.75) is 26.4 Å². The number of aliphatic imine (C=N–C) groups is 1. The summed E-state index contributed by atoms with van der Waals surface area (Å²) in [5.41, 5.74) is 0.00346. The van der Waals surface area contributed by atoms with E-state index < -0.39 is 0 Å². The Bertz CT molecular complexity index is 406. The van der Waals surface area contributed by atoms with Crippen LogP contribution in [0.25, 0.3) is 0 Å². The average molecular weight is 225 g/mol. The summed E-state index contributed by atoms with van der Waals surface area (Å²) in [7, 11) is 0. The van der Waals surface area contributed by atoms with Crippen LogP contribution in [0.2, 0.25) is 0 Å². The standard InChI is InChI=1S/C11H12FNOS/c1-11(2,3)14-10-5-4-8(12)6-9(10)13-7-15/h4-6H,1-3H3. The molecule has 0 atom stereocenters. The summed E-state index contributed by atoms with van der Waals surface area (Å²) in [6.45, 7) is 5.71. The summed E-state index contributed by atoms with van der Waals surface area (Å²) in [4.78, 5) is 3.75. The third-order valence-corrected chi connectivity index (χ3v) is 1.59. The predicted octanol–water partition coefficient (Wildman–Crippen LogP) is 3.74. The van der Waals surface area contributed by atoms with Crippen molar-refractivity contribution in [3.63, 3.8) is 0 Å².